The minimum atomic E-state index is -4.00. The van der Waals surface area contributed by atoms with Crippen molar-refractivity contribution in [2.45, 2.75) is 11.8 Å². The molecule has 0 radical (unpaired) electrons. The monoisotopic (exact) mass is 411 g/mol. The number of halogens is 1. The fourth-order valence-corrected chi connectivity index (χ4v) is 3.07. The van der Waals surface area contributed by atoms with Crippen LogP contribution in [0.15, 0.2) is 56.9 Å². The molecule has 2 rings (SSSR count). The zero-order valence-corrected chi connectivity index (χ0v) is 15.0. The molecule has 0 fully saturated rings. The molecule has 0 aliphatic heterocycles. The van der Waals surface area contributed by atoms with Crippen LogP contribution in [-0.4, -0.2) is 20.7 Å². The van der Waals surface area contributed by atoms with Crippen LogP contribution in [0.5, 0.6) is 5.75 Å². The van der Waals surface area contributed by atoms with Gasteiger partial charge in [-0.15, -0.1) is 0 Å². The van der Waals surface area contributed by atoms with Gasteiger partial charge in [0.15, 0.2) is 5.75 Å². The van der Waals surface area contributed by atoms with Gasteiger partial charge in [0.1, 0.15) is 4.90 Å². The maximum Gasteiger partial charge on any atom is 0.339 e. The zero-order chi connectivity index (χ0) is 17.7. The topological polar surface area (TPSA) is 111 Å². The van der Waals surface area contributed by atoms with Gasteiger partial charge in [0, 0.05) is 10.0 Å². The van der Waals surface area contributed by atoms with Gasteiger partial charge in [-0.3, -0.25) is 0 Å². The van der Waals surface area contributed by atoms with Gasteiger partial charge in [0.25, 0.3) is 0 Å². The highest BCUT2D eigenvalue weighted by molar-refractivity contribution is 9.10. The first kappa shape index (κ1) is 18.0. The molecule has 0 aliphatic rings. The predicted octanol–water partition coefficient (Wildman–Crippen LogP) is 2.53. The first-order valence-electron chi connectivity index (χ1n) is 6.67. The average molecular weight is 412 g/mol. The van der Waals surface area contributed by atoms with Crippen LogP contribution in [0.3, 0.4) is 0 Å². The van der Waals surface area contributed by atoms with Crippen LogP contribution in [0.1, 0.15) is 11.1 Å². The van der Waals surface area contributed by atoms with Crippen LogP contribution in [0, 0.1) is 6.92 Å². The van der Waals surface area contributed by atoms with Gasteiger partial charge >= 0.3 is 16.1 Å². The first-order valence-corrected chi connectivity index (χ1v) is 8.87. The minimum absolute atomic E-state index is 0.0363. The molecule has 0 heterocycles. The Balaban J connectivity index is 2.33. The highest BCUT2D eigenvalue weighted by Crippen LogP contribution is 2.25. The van der Waals surface area contributed by atoms with E-state index >= 15 is 0 Å². The second-order valence-corrected chi connectivity index (χ2v) is 7.23. The standard InChI is InChI=1S/C15H14BrN3O4S/c1-10-2-5-13(6-3-10)24(21,22)23-14-7-4-12(16)8-11(14)9-18-19-15(17)20/h2-9H,1H3,(H3,17,19,20). The molecule has 0 aliphatic carbocycles. The fourth-order valence-electron chi connectivity index (χ4n) is 1.73. The third-order valence-electron chi connectivity index (χ3n) is 2.86. The number of rotatable bonds is 5. The average Bonchev–Trinajstić information content (AvgIpc) is 2.50. The van der Waals surface area contributed by atoms with Crippen molar-refractivity contribution in [3.8, 4) is 5.75 Å². The molecule has 0 spiro atoms. The van der Waals surface area contributed by atoms with Gasteiger partial charge in [-0.25, -0.2) is 10.2 Å². The molecule has 0 aromatic heterocycles. The number of benzene rings is 2. The molecular weight excluding hydrogens is 398 g/mol. The van der Waals surface area contributed by atoms with Crippen LogP contribution >= 0.6 is 15.9 Å². The van der Waals surface area contributed by atoms with E-state index in [1.165, 1.54) is 24.4 Å². The summed E-state index contributed by atoms with van der Waals surface area (Å²) in [6.45, 7) is 1.85. The van der Waals surface area contributed by atoms with Crippen molar-refractivity contribution in [3.05, 3.63) is 58.1 Å². The number of nitrogens with zero attached hydrogens (tertiary/aromatic N) is 1. The SMILES string of the molecule is Cc1ccc(S(=O)(=O)Oc2ccc(Br)cc2C=NNC(N)=O)cc1. The minimum Gasteiger partial charge on any atom is -0.378 e. The number of nitrogens with one attached hydrogen (secondary N) is 1. The molecular formula is C15H14BrN3O4S. The summed E-state index contributed by atoms with van der Waals surface area (Å²) in [5, 5.41) is 3.61. The lowest BCUT2D eigenvalue weighted by molar-refractivity contribution is 0.249. The first-order chi connectivity index (χ1) is 11.3. The van der Waals surface area contributed by atoms with Crippen LogP contribution < -0.4 is 15.3 Å². The number of hydrogen-bond acceptors (Lipinski definition) is 5. The molecule has 7 nitrogen and oxygen atoms in total. The molecule has 0 atom stereocenters. The lowest BCUT2D eigenvalue weighted by Gasteiger charge is -2.10. The van der Waals surface area contributed by atoms with Crippen molar-refractivity contribution in [2.75, 3.05) is 0 Å². The summed E-state index contributed by atoms with van der Waals surface area (Å²) in [5.74, 6) is 0.0637. The van der Waals surface area contributed by atoms with Gasteiger partial charge in [0.05, 0.1) is 6.21 Å². The highest BCUT2D eigenvalue weighted by Gasteiger charge is 2.18. The fraction of sp³-hybridized carbons (Fsp3) is 0.0667. The maximum absolute atomic E-state index is 12.4. The molecule has 24 heavy (non-hydrogen) atoms. The Morgan fingerprint density at radius 2 is 1.92 bits per heavy atom. The Morgan fingerprint density at radius 3 is 2.54 bits per heavy atom. The second kappa shape index (κ2) is 7.45. The van der Waals surface area contributed by atoms with Gasteiger partial charge in [-0.2, -0.15) is 13.5 Å². The van der Waals surface area contributed by atoms with Crippen LogP contribution in [0.25, 0.3) is 0 Å². The van der Waals surface area contributed by atoms with E-state index in [1.54, 1.807) is 24.3 Å². The molecule has 0 saturated heterocycles. The van der Waals surface area contributed by atoms with E-state index < -0.39 is 16.1 Å². The predicted molar refractivity (Wildman–Crippen MR) is 93.4 cm³/mol. The number of aryl methyl sites for hydroxylation is 1. The number of urea groups is 1. The van der Waals surface area contributed by atoms with E-state index in [0.717, 1.165) is 5.56 Å². The molecule has 0 unspecified atom stereocenters. The van der Waals surface area contributed by atoms with Gasteiger partial charge < -0.3 is 9.92 Å². The van der Waals surface area contributed by atoms with E-state index in [1.807, 2.05) is 12.3 Å². The number of amides is 2. The molecule has 126 valence electrons. The van der Waals surface area contributed by atoms with Crippen molar-refractivity contribution < 1.29 is 17.4 Å². The Morgan fingerprint density at radius 1 is 1.25 bits per heavy atom. The van der Waals surface area contributed by atoms with Gasteiger partial charge in [-0.1, -0.05) is 33.6 Å². The molecule has 3 N–H and O–H groups in total. The van der Waals surface area contributed by atoms with Crippen LogP contribution in [-0.2, 0) is 10.1 Å². The Hall–Kier alpha value is -2.39. The van der Waals surface area contributed by atoms with E-state index in [-0.39, 0.29) is 10.6 Å². The van der Waals surface area contributed by atoms with Crippen LogP contribution in [0.4, 0.5) is 4.79 Å². The third-order valence-corrected chi connectivity index (χ3v) is 4.60. The number of nitrogens with two attached hydrogens (primary N) is 1. The normalized spacial score (nSPS) is 11.4. The molecule has 0 bridgehead atoms. The van der Waals surface area contributed by atoms with Crippen molar-refractivity contribution in [3.63, 3.8) is 0 Å². The number of hydrazone groups is 1. The van der Waals surface area contributed by atoms with E-state index in [9.17, 15) is 13.2 Å². The highest BCUT2D eigenvalue weighted by atomic mass is 79.9. The summed E-state index contributed by atoms with van der Waals surface area (Å²) in [6, 6.07) is 10.1. The summed E-state index contributed by atoms with van der Waals surface area (Å²) in [4.78, 5) is 10.7. The largest absolute Gasteiger partial charge is 0.378 e. The second-order valence-electron chi connectivity index (χ2n) is 4.77. The van der Waals surface area contributed by atoms with E-state index in [4.69, 9.17) is 9.92 Å². The smallest absolute Gasteiger partial charge is 0.339 e. The molecule has 2 amide bonds. The summed E-state index contributed by atoms with van der Waals surface area (Å²) in [5.41, 5.74) is 8.22. The molecule has 2 aromatic rings. The zero-order valence-electron chi connectivity index (χ0n) is 12.6. The van der Waals surface area contributed by atoms with Crippen molar-refractivity contribution >= 4 is 38.3 Å². The Labute approximate surface area is 147 Å². The Bertz CT molecular complexity index is 880. The number of primary amides is 1. The third kappa shape index (κ3) is 4.80. The van der Waals surface area contributed by atoms with E-state index in [0.29, 0.717) is 10.0 Å². The lowest BCUT2D eigenvalue weighted by Crippen LogP contribution is -2.24. The molecule has 0 saturated carbocycles. The van der Waals surface area contributed by atoms with E-state index in [2.05, 4.69) is 21.0 Å². The summed E-state index contributed by atoms with van der Waals surface area (Å²) in [7, 11) is -4.00. The molecule has 9 heteroatoms. The number of carbonyl (C=O) groups excluding carboxylic acids is 1. The van der Waals surface area contributed by atoms with Crippen molar-refractivity contribution in [2.24, 2.45) is 10.8 Å². The van der Waals surface area contributed by atoms with Crippen molar-refractivity contribution in [1.29, 1.82) is 0 Å². The lowest BCUT2D eigenvalue weighted by atomic mass is 10.2. The summed E-state index contributed by atoms with van der Waals surface area (Å²) >= 11 is 3.27. The van der Waals surface area contributed by atoms with Gasteiger partial charge in [0.2, 0.25) is 0 Å². The summed E-state index contributed by atoms with van der Waals surface area (Å²) in [6.07, 6.45) is 1.23. The quantitative estimate of drug-likeness (QED) is 0.447. The summed E-state index contributed by atoms with van der Waals surface area (Å²) < 4.78 is 30.6. The van der Waals surface area contributed by atoms with Crippen molar-refractivity contribution in [1.82, 2.24) is 5.43 Å². The van der Waals surface area contributed by atoms with Gasteiger partial charge in [-0.05, 0) is 37.3 Å². The molecule has 2 aromatic carbocycles. The Kier molecular flexibility index (Phi) is 5.58. The number of hydrogen-bond donors (Lipinski definition) is 2. The maximum atomic E-state index is 12.4. The van der Waals surface area contributed by atoms with Crippen LogP contribution in [0.2, 0.25) is 0 Å². The number of carbonyl (C=O) groups is 1.